The Labute approximate surface area is 112 Å². The molecule has 18 heavy (non-hydrogen) atoms. The number of nitro groups is 1. The Bertz CT molecular complexity index is 594. The molecule has 0 aromatic heterocycles. The van der Waals surface area contributed by atoms with Gasteiger partial charge in [0.15, 0.2) is 0 Å². The fourth-order valence-corrected chi connectivity index (χ4v) is 3.47. The molecule has 100 valence electrons. The Kier molecular flexibility index (Phi) is 4.46. The summed E-state index contributed by atoms with van der Waals surface area (Å²) >= 11 is 2.75. The van der Waals surface area contributed by atoms with Gasteiger partial charge in [-0.15, -0.1) is 0 Å². The van der Waals surface area contributed by atoms with Gasteiger partial charge in [0.1, 0.15) is 4.90 Å². The minimum Gasteiger partial charge on any atom is -0.426 e. The number of hydrogen-bond acceptors (Lipinski definition) is 5. The maximum Gasteiger partial charge on any atom is 0.387 e. The zero-order chi connectivity index (χ0) is 14.1. The van der Waals surface area contributed by atoms with Crippen LogP contribution in [-0.4, -0.2) is 20.0 Å². The minimum atomic E-state index is -4.50. The van der Waals surface area contributed by atoms with Gasteiger partial charge in [-0.1, -0.05) is 0 Å². The highest BCUT2D eigenvalue weighted by atomic mass is 79.9. The number of ether oxygens (including phenoxy) is 1. The standard InChI is InChI=1S/C7H3BrClF2NO5S/c8-3-1-2-4(12(13)14)5(17-7(10)11)6(3)18(9,15)16/h1-2,7H. The summed E-state index contributed by atoms with van der Waals surface area (Å²) in [6, 6.07) is 1.80. The summed E-state index contributed by atoms with van der Waals surface area (Å²) in [7, 11) is 0.521. The normalized spacial score (nSPS) is 11.6. The van der Waals surface area contributed by atoms with Gasteiger partial charge in [-0.3, -0.25) is 10.1 Å². The van der Waals surface area contributed by atoms with E-state index < -0.39 is 36.9 Å². The molecule has 0 heterocycles. The van der Waals surface area contributed by atoms with Crippen LogP contribution in [-0.2, 0) is 9.05 Å². The average molecular weight is 367 g/mol. The lowest BCUT2D eigenvalue weighted by molar-refractivity contribution is -0.386. The van der Waals surface area contributed by atoms with Gasteiger partial charge in [0.2, 0.25) is 5.75 Å². The molecule has 0 saturated heterocycles. The number of rotatable bonds is 4. The average Bonchev–Trinajstić information content (AvgIpc) is 2.13. The van der Waals surface area contributed by atoms with Gasteiger partial charge in [-0.2, -0.15) is 8.78 Å². The van der Waals surface area contributed by atoms with Crippen LogP contribution in [0.3, 0.4) is 0 Å². The highest BCUT2D eigenvalue weighted by Crippen LogP contribution is 2.41. The molecule has 0 N–H and O–H groups in total. The quantitative estimate of drug-likeness (QED) is 0.464. The van der Waals surface area contributed by atoms with E-state index in [-0.39, 0.29) is 4.47 Å². The number of halogens is 4. The molecule has 1 rings (SSSR count). The van der Waals surface area contributed by atoms with E-state index in [9.17, 15) is 27.3 Å². The number of alkyl halides is 2. The highest BCUT2D eigenvalue weighted by Gasteiger charge is 2.31. The van der Waals surface area contributed by atoms with E-state index in [1.54, 1.807) is 0 Å². The topological polar surface area (TPSA) is 86.5 Å². The fourth-order valence-electron chi connectivity index (χ4n) is 1.10. The first kappa shape index (κ1) is 15.1. The van der Waals surface area contributed by atoms with Crippen molar-refractivity contribution in [3.8, 4) is 5.75 Å². The van der Waals surface area contributed by atoms with Crippen molar-refractivity contribution in [3.05, 3.63) is 26.7 Å². The van der Waals surface area contributed by atoms with Crippen molar-refractivity contribution >= 4 is 41.4 Å². The van der Waals surface area contributed by atoms with Crippen molar-refractivity contribution in [2.75, 3.05) is 0 Å². The number of benzene rings is 1. The Morgan fingerprint density at radius 1 is 1.44 bits per heavy atom. The zero-order valence-electron chi connectivity index (χ0n) is 8.14. The third-order valence-corrected chi connectivity index (χ3v) is 3.97. The SMILES string of the molecule is O=[N+]([O-])c1ccc(Br)c(S(=O)(=O)Cl)c1OC(F)F. The van der Waals surface area contributed by atoms with E-state index >= 15 is 0 Å². The second-order valence-electron chi connectivity index (χ2n) is 2.80. The molecular formula is C7H3BrClF2NO5S. The van der Waals surface area contributed by atoms with Gasteiger partial charge < -0.3 is 4.74 Å². The summed E-state index contributed by atoms with van der Waals surface area (Å²) < 4.78 is 50.4. The maximum atomic E-state index is 12.2. The van der Waals surface area contributed by atoms with Crippen LogP contribution in [0.15, 0.2) is 21.5 Å². The van der Waals surface area contributed by atoms with Crippen LogP contribution in [0.1, 0.15) is 0 Å². The molecule has 0 aliphatic carbocycles. The van der Waals surface area contributed by atoms with Crippen LogP contribution in [0.2, 0.25) is 0 Å². The summed E-state index contributed by atoms with van der Waals surface area (Å²) in [6.07, 6.45) is 0. The number of nitro benzene ring substituents is 1. The summed E-state index contributed by atoms with van der Waals surface area (Å²) in [5, 5.41) is 10.6. The molecule has 0 atom stereocenters. The molecule has 0 aliphatic heterocycles. The van der Waals surface area contributed by atoms with Crippen LogP contribution in [0.25, 0.3) is 0 Å². The smallest absolute Gasteiger partial charge is 0.387 e. The van der Waals surface area contributed by atoms with E-state index in [1.165, 1.54) is 0 Å². The lowest BCUT2D eigenvalue weighted by Gasteiger charge is -2.10. The first-order chi connectivity index (χ1) is 8.14. The number of hydrogen-bond donors (Lipinski definition) is 0. The van der Waals surface area contributed by atoms with Crippen LogP contribution in [0.4, 0.5) is 14.5 Å². The zero-order valence-corrected chi connectivity index (χ0v) is 11.3. The molecule has 0 fully saturated rings. The second-order valence-corrected chi connectivity index (χ2v) is 6.16. The summed E-state index contributed by atoms with van der Waals surface area (Å²) in [5.41, 5.74) is -0.933. The summed E-state index contributed by atoms with van der Waals surface area (Å²) in [4.78, 5) is 8.64. The molecular weight excluding hydrogens is 363 g/mol. The van der Waals surface area contributed by atoms with Gasteiger partial charge in [0, 0.05) is 21.2 Å². The second kappa shape index (κ2) is 5.33. The van der Waals surface area contributed by atoms with Gasteiger partial charge in [0.05, 0.1) is 4.92 Å². The van der Waals surface area contributed by atoms with Crippen molar-refractivity contribution in [3.63, 3.8) is 0 Å². The van der Waals surface area contributed by atoms with Crippen LogP contribution in [0.5, 0.6) is 5.75 Å². The monoisotopic (exact) mass is 365 g/mol. The highest BCUT2D eigenvalue weighted by molar-refractivity contribution is 9.10. The van der Waals surface area contributed by atoms with Crippen molar-refractivity contribution < 1.29 is 26.9 Å². The van der Waals surface area contributed by atoms with E-state index in [2.05, 4.69) is 20.7 Å². The van der Waals surface area contributed by atoms with Crippen molar-refractivity contribution in [2.24, 2.45) is 0 Å². The van der Waals surface area contributed by atoms with Gasteiger partial charge in [-0.25, -0.2) is 8.42 Å². The Balaban J connectivity index is 3.66. The molecule has 0 bridgehead atoms. The maximum absolute atomic E-state index is 12.2. The largest absolute Gasteiger partial charge is 0.426 e. The molecule has 0 radical (unpaired) electrons. The molecule has 0 saturated carbocycles. The van der Waals surface area contributed by atoms with Gasteiger partial charge in [-0.05, 0) is 22.0 Å². The van der Waals surface area contributed by atoms with E-state index in [4.69, 9.17) is 10.7 Å². The Hall–Kier alpha value is -1.00. The predicted molar refractivity (Wildman–Crippen MR) is 60.5 cm³/mol. The Morgan fingerprint density at radius 2 is 2.00 bits per heavy atom. The van der Waals surface area contributed by atoms with Crippen LogP contribution >= 0.6 is 26.6 Å². The summed E-state index contributed by atoms with van der Waals surface area (Å²) in [6.45, 7) is -3.44. The summed E-state index contributed by atoms with van der Waals surface area (Å²) in [5.74, 6) is -1.11. The third kappa shape index (κ3) is 3.27. The third-order valence-electron chi connectivity index (χ3n) is 1.69. The Morgan fingerprint density at radius 3 is 2.39 bits per heavy atom. The molecule has 0 amide bonds. The molecule has 0 unspecified atom stereocenters. The lowest BCUT2D eigenvalue weighted by Crippen LogP contribution is -2.08. The first-order valence-electron chi connectivity index (χ1n) is 4.01. The van der Waals surface area contributed by atoms with Gasteiger partial charge in [0.25, 0.3) is 9.05 Å². The van der Waals surface area contributed by atoms with E-state index in [0.29, 0.717) is 0 Å². The molecule has 0 aliphatic rings. The molecule has 6 nitrogen and oxygen atoms in total. The fraction of sp³-hybridized carbons (Fsp3) is 0.143. The molecule has 1 aromatic carbocycles. The van der Waals surface area contributed by atoms with Crippen molar-refractivity contribution in [1.82, 2.24) is 0 Å². The van der Waals surface area contributed by atoms with Crippen LogP contribution < -0.4 is 4.74 Å². The van der Waals surface area contributed by atoms with Crippen molar-refractivity contribution in [2.45, 2.75) is 11.5 Å². The molecule has 11 heteroatoms. The van der Waals surface area contributed by atoms with Crippen molar-refractivity contribution in [1.29, 1.82) is 0 Å². The lowest BCUT2D eigenvalue weighted by atomic mass is 10.3. The predicted octanol–water partition coefficient (Wildman–Crippen LogP) is 2.89. The van der Waals surface area contributed by atoms with E-state index in [1.807, 2.05) is 0 Å². The molecule has 1 aromatic rings. The first-order valence-corrected chi connectivity index (χ1v) is 7.11. The van der Waals surface area contributed by atoms with Gasteiger partial charge >= 0.3 is 12.3 Å². The molecule has 0 spiro atoms. The van der Waals surface area contributed by atoms with E-state index in [0.717, 1.165) is 12.1 Å². The minimum absolute atomic E-state index is 0.223. The van der Waals surface area contributed by atoms with Crippen LogP contribution in [0, 0.1) is 10.1 Å². The number of nitrogens with zero attached hydrogens (tertiary/aromatic N) is 1.